The van der Waals surface area contributed by atoms with E-state index < -0.39 is 22.7 Å². The van der Waals surface area contributed by atoms with Gasteiger partial charge in [0.15, 0.2) is 0 Å². The van der Waals surface area contributed by atoms with Crippen molar-refractivity contribution in [3.63, 3.8) is 0 Å². The van der Waals surface area contributed by atoms with Gasteiger partial charge in [0.05, 0.1) is 10.6 Å². The van der Waals surface area contributed by atoms with Gasteiger partial charge in [0.2, 0.25) is 5.91 Å². The number of hydrogen-bond acceptors (Lipinski definition) is 5. The number of pyridine rings is 1. The summed E-state index contributed by atoms with van der Waals surface area (Å²) in [5.41, 5.74) is 0.0237. The fourth-order valence-electron chi connectivity index (χ4n) is 3.49. The number of amides is 2. The highest BCUT2D eigenvalue weighted by Gasteiger charge is 2.33. The molecule has 3 aromatic rings. The maximum atomic E-state index is 13.0. The molecule has 0 aliphatic carbocycles. The molecule has 0 aliphatic rings. The Hall–Kier alpha value is -3.63. The lowest BCUT2D eigenvalue weighted by Gasteiger charge is -2.12. The summed E-state index contributed by atoms with van der Waals surface area (Å²) >= 11 is 5.62. The Bertz CT molecular complexity index is 1270. The summed E-state index contributed by atoms with van der Waals surface area (Å²) in [4.78, 5) is 30.8. The van der Waals surface area contributed by atoms with Gasteiger partial charge in [-0.15, -0.1) is 0 Å². The van der Waals surface area contributed by atoms with Crippen molar-refractivity contribution in [2.45, 2.75) is 25.4 Å². The average Bonchev–Trinajstić information content (AvgIpc) is 2.86. The van der Waals surface area contributed by atoms with Crippen LogP contribution < -0.4 is 15.4 Å². The van der Waals surface area contributed by atoms with Crippen molar-refractivity contribution in [3.8, 4) is 11.5 Å². The van der Waals surface area contributed by atoms with E-state index in [-0.39, 0.29) is 23.7 Å². The summed E-state index contributed by atoms with van der Waals surface area (Å²) in [6.07, 6.45) is -1.95. The fourth-order valence-corrected chi connectivity index (χ4v) is 3.71. The number of nitrogens with zero attached hydrogens (tertiary/aromatic N) is 2. The Labute approximate surface area is 224 Å². The third kappa shape index (κ3) is 9.04. The van der Waals surface area contributed by atoms with Crippen LogP contribution in [-0.4, -0.2) is 48.9 Å². The first kappa shape index (κ1) is 28.9. The summed E-state index contributed by atoms with van der Waals surface area (Å²) in [5.74, 6) is 0.190. The van der Waals surface area contributed by atoms with E-state index in [1.165, 1.54) is 12.3 Å². The number of carbonyl (C=O) groups excluding carboxylic acids is 2. The van der Waals surface area contributed by atoms with Crippen LogP contribution in [0, 0.1) is 0 Å². The molecule has 2 aromatic carbocycles. The van der Waals surface area contributed by atoms with E-state index in [0.717, 1.165) is 30.7 Å². The molecule has 0 saturated carbocycles. The van der Waals surface area contributed by atoms with E-state index in [1.54, 1.807) is 30.3 Å². The van der Waals surface area contributed by atoms with Crippen LogP contribution in [0.4, 0.5) is 18.9 Å². The minimum Gasteiger partial charge on any atom is -0.457 e. The minimum atomic E-state index is -4.62. The van der Waals surface area contributed by atoms with Crippen molar-refractivity contribution in [3.05, 3.63) is 82.6 Å². The van der Waals surface area contributed by atoms with E-state index in [2.05, 4.69) is 15.6 Å². The van der Waals surface area contributed by atoms with Crippen molar-refractivity contribution in [1.29, 1.82) is 0 Å². The number of hydrogen-bond donors (Lipinski definition) is 2. The van der Waals surface area contributed by atoms with Gasteiger partial charge in [0, 0.05) is 30.9 Å². The second-order valence-corrected chi connectivity index (χ2v) is 9.19. The third-order valence-corrected chi connectivity index (χ3v) is 5.69. The predicted molar refractivity (Wildman–Crippen MR) is 140 cm³/mol. The molecule has 1 aromatic heterocycles. The Kier molecular flexibility index (Phi) is 10.1. The van der Waals surface area contributed by atoms with Crippen LogP contribution in [0.1, 0.15) is 34.5 Å². The summed E-state index contributed by atoms with van der Waals surface area (Å²) in [6.45, 7) is 1.38. The SMILES string of the molecule is CN(C)CCCNC(=O)c1cc(Oc2cccc(CCC(=O)Nc3ccc(Cl)c(C(F)(F)F)c3)c2)ccn1. The number of aromatic nitrogens is 1. The zero-order chi connectivity index (χ0) is 27.7. The van der Waals surface area contributed by atoms with Crippen LogP contribution in [0.25, 0.3) is 0 Å². The molecule has 0 aliphatic heterocycles. The molecular formula is C27H28ClF3N4O3. The topological polar surface area (TPSA) is 83.6 Å². The Balaban J connectivity index is 1.55. The third-order valence-electron chi connectivity index (χ3n) is 5.36. The first-order valence-electron chi connectivity index (χ1n) is 11.8. The van der Waals surface area contributed by atoms with Gasteiger partial charge >= 0.3 is 6.18 Å². The number of anilines is 1. The largest absolute Gasteiger partial charge is 0.457 e. The van der Waals surface area contributed by atoms with Gasteiger partial charge in [-0.3, -0.25) is 14.6 Å². The van der Waals surface area contributed by atoms with Crippen LogP contribution in [0.3, 0.4) is 0 Å². The normalized spacial score (nSPS) is 11.3. The molecule has 2 amide bonds. The van der Waals surface area contributed by atoms with Crippen LogP contribution in [0.2, 0.25) is 5.02 Å². The number of aryl methyl sites for hydroxylation is 1. The predicted octanol–water partition coefficient (Wildman–Crippen LogP) is 5.80. The quantitative estimate of drug-likeness (QED) is 0.296. The molecule has 0 bridgehead atoms. The molecule has 202 valence electrons. The van der Waals surface area contributed by atoms with Crippen LogP contribution in [0.5, 0.6) is 11.5 Å². The van der Waals surface area contributed by atoms with E-state index in [0.29, 0.717) is 24.5 Å². The summed E-state index contributed by atoms with van der Waals surface area (Å²) in [7, 11) is 3.93. The molecule has 0 fully saturated rings. The number of alkyl halides is 3. The molecule has 1 heterocycles. The molecule has 0 atom stereocenters. The molecule has 0 spiro atoms. The Morgan fingerprint density at radius 2 is 1.82 bits per heavy atom. The van der Waals surface area contributed by atoms with Crippen LogP contribution in [-0.2, 0) is 17.4 Å². The van der Waals surface area contributed by atoms with E-state index in [4.69, 9.17) is 16.3 Å². The van der Waals surface area contributed by atoms with Crippen LogP contribution >= 0.6 is 11.6 Å². The molecule has 11 heteroatoms. The lowest BCUT2D eigenvalue weighted by atomic mass is 10.1. The maximum absolute atomic E-state index is 13.0. The summed E-state index contributed by atoms with van der Waals surface area (Å²) in [6, 6.07) is 13.4. The molecule has 3 rings (SSSR count). The van der Waals surface area contributed by atoms with Crippen molar-refractivity contribution in [2.75, 3.05) is 32.5 Å². The second kappa shape index (κ2) is 13.3. The van der Waals surface area contributed by atoms with Gasteiger partial charge in [0.25, 0.3) is 5.91 Å². The van der Waals surface area contributed by atoms with E-state index >= 15 is 0 Å². The number of nitrogens with one attached hydrogen (secondary N) is 2. The zero-order valence-corrected chi connectivity index (χ0v) is 21.7. The molecule has 0 saturated heterocycles. The molecular weight excluding hydrogens is 521 g/mol. The number of benzene rings is 2. The smallest absolute Gasteiger partial charge is 0.417 e. The van der Waals surface area contributed by atoms with Crippen molar-refractivity contribution in [2.24, 2.45) is 0 Å². The molecule has 0 radical (unpaired) electrons. The number of carbonyl (C=O) groups is 2. The zero-order valence-electron chi connectivity index (χ0n) is 20.9. The lowest BCUT2D eigenvalue weighted by Crippen LogP contribution is -2.27. The van der Waals surface area contributed by atoms with Gasteiger partial charge in [-0.25, -0.2) is 0 Å². The van der Waals surface area contributed by atoms with Gasteiger partial charge in [-0.1, -0.05) is 23.7 Å². The second-order valence-electron chi connectivity index (χ2n) is 8.78. The summed E-state index contributed by atoms with van der Waals surface area (Å²) in [5, 5.41) is 4.86. The number of halogens is 4. The minimum absolute atomic E-state index is 0.0130. The standard InChI is InChI=1S/C27H28ClF3N4O3/c1-35(2)14-4-12-33-26(37)24-17-21(11-13-32-24)38-20-6-3-5-18(15-20)7-10-25(36)34-19-8-9-23(28)22(16-19)27(29,30)31/h3,5-6,8-9,11,13,15-17H,4,7,10,12,14H2,1-2H3,(H,33,37)(H,34,36). The highest BCUT2D eigenvalue weighted by atomic mass is 35.5. The molecule has 2 N–H and O–H groups in total. The molecule has 38 heavy (non-hydrogen) atoms. The van der Waals surface area contributed by atoms with E-state index in [1.807, 2.05) is 25.1 Å². The fraction of sp³-hybridized carbons (Fsp3) is 0.296. The Morgan fingerprint density at radius 3 is 2.55 bits per heavy atom. The van der Waals surface area contributed by atoms with Gasteiger partial charge in [0.1, 0.15) is 17.2 Å². The maximum Gasteiger partial charge on any atom is 0.417 e. The van der Waals surface area contributed by atoms with Crippen molar-refractivity contribution >= 4 is 29.1 Å². The van der Waals surface area contributed by atoms with Crippen molar-refractivity contribution in [1.82, 2.24) is 15.2 Å². The van der Waals surface area contributed by atoms with Crippen molar-refractivity contribution < 1.29 is 27.5 Å². The number of ether oxygens (including phenoxy) is 1. The highest BCUT2D eigenvalue weighted by Crippen LogP contribution is 2.36. The first-order chi connectivity index (χ1) is 18.0. The van der Waals surface area contributed by atoms with Gasteiger partial charge in [-0.05, 0) is 75.4 Å². The van der Waals surface area contributed by atoms with E-state index in [9.17, 15) is 22.8 Å². The van der Waals surface area contributed by atoms with Crippen LogP contribution in [0.15, 0.2) is 60.8 Å². The number of rotatable bonds is 11. The summed E-state index contributed by atoms with van der Waals surface area (Å²) < 4.78 is 45.0. The molecule has 7 nitrogen and oxygen atoms in total. The highest BCUT2D eigenvalue weighted by molar-refractivity contribution is 6.31. The molecule has 0 unspecified atom stereocenters. The average molecular weight is 549 g/mol. The monoisotopic (exact) mass is 548 g/mol. The van der Waals surface area contributed by atoms with Gasteiger partial charge < -0.3 is 20.3 Å². The lowest BCUT2D eigenvalue weighted by molar-refractivity contribution is -0.137. The van der Waals surface area contributed by atoms with Gasteiger partial charge in [-0.2, -0.15) is 13.2 Å². The Morgan fingerprint density at radius 1 is 1.05 bits per heavy atom. The first-order valence-corrected chi connectivity index (χ1v) is 12.2.